The minimum Gasteiger partial charge on any atom is -0.388 e. The van der Waals surface area contributed by atoms with Crippen LogP contribution in [0.1, 0.15) is 178 Å². The zero-order valence-corrected chi connectivity index (χ0v) is 49.7. The Balaban J connectivity index is 1.24. The van der Waals surface area contributed by atoms with Crippen LogP contribution in [0.5, 0.6) is 0 Å². The van der Waals surface area contributed by atoms with Crippen LogP contribution in [-0.2, 0) is 23.8 Å². The zero-order chi connectivity index (χ0) is 54.7. The number of aryl methyl sites for hydroxylation is 6. The number of nitrogens with zero attached hydrogens (tertiary/aromatic N) is 2. The first-order valence-electron chi connectivity index (χ1n) is 28.6. The van der Waals surface area contributed by atoms with E-state index in [0.717, 1.165) is 44.7 Å². The number of carbonyl (C=O) groups is 2. The van der Waals surface area contributed by atoms with Crippen molar-refractivity contribution in [3.05, 3.63) is 88.0 Å². The Kier molecular flexibility index (Phi) is 22.8. The van der Waals surface area contributed by atoms with Gasteiger partial charge in [0.1, 0.15) is 17.8 Å². The number of rotatable bonds is 18. The van der Waals surface area contributed by atoms with Gasteiger partial charge in [0.25, 0.3) is 0 Å². The van der Waals surface area contributed by atoms with E-state index in [1.807, 2.05) is 20.8 Å². The molecule has 10 nitrogen and oxygen atoms in total. The number of ether oxygens (including phenoxy) is 3. The van der Waals surface area contributed by atoms with Crippen LogP contribution in [0.3, 0.4) is 0 Å². The van der Waals surface area contributed by atoms with Crippen LogP contribution in [0.15, 0.2) is 54.6 Å². The van der Waals surface area contributed by atoms with Gasteiger partial charge in [-0.3, -0.25) is 4.79 Å². The molecule has 0 unspecified atom stereocenters. The molecule has 1 amide bonds. The van der Waals surface area contributed by atoms with Crippen LogP contribution in [0, 0.1) is 53.4 Å². The summed E-state index contributed by atoms with van der Waals surface area (Å²) in [7, 11) is 1.70. The molecule has 2 fully saturated rings. The molecule has 0 saturated carbocycles. The number of aliphatic hydroxyl groups is 3. The fourth-order valence-corrected chi connectivity index (χ4v) is 18.2. The Morgan fingerprint density at radius 2 is 1.20 bits per heavy atom. The number of hydrogen-bond donors (Lipinski definition) is 3. The molecule has 2 heterocycles. The second-order valence-corrected chi connectivity index (χ2v) is 28.4. The topological polar surface area (TPSA) is 129 Å². The maximum Gasteiger partial charge on any atom is 0.126 e. The van der Waals surface area contributed by atoms with E-state index >= 15 is 0 Å². The van der Waals surface area contributed by atoms with E-state index in [0.29, 0.717) is 38.5 Å². The van der Waals surface area contributed by atoms with Crippen LogP contribution in [0.2, 0.25) is 0 Å². The first-order valence-corrected chi connectivity index (χ1v) is 30.8. The van der Waals surface area contributed by atoms with Gasteiger partial charge in [0, 0.05) is 19.0 Å². The molecule has 0 spiro atoms. The Bertz CT molecular complexity index is 2090. The predicted molar refractivity (Wildman–Crippen MR) is 308 cm³/mol. The molecule has 0 radical (unpaired) electrons. The first kappa shape index (κ1) is 61.6. The summed E-state index contributed by atoms with van der Waals surface area (Å²) in [4.78, 5) is 31.9. The summed E-state index contributed by atoms with van der Waals surface area (Å²) in [5.74, 6) is -1.34. The monoisotopic (exact) mass is 1040 g/mol. The summed E-state index contributed by atoms with van der Waals surface area (Å²) in [5.41, 5.74) is 4.77. The molecule has 2 saturated heterocycles. The number of cyclic esters (lactones) is 1. The number of unbranched alkanes of at least 4 members (excludes halogenated alkanes) is 7. The Hall–Kier alpha value is -3.21. The standard InChI is InChI=1S/C63H101N2O8P/c1-16-56-63(13,70)60(67)51(11)65(41-48(8)40-62(12,69)57(27-26-49(9)61(68)73-56)72-59-39-52(64(14)15)38-50(10)71-59)58(66)25-23-21-19-17-18-20-22-24-28-74(53-32-42(2)29-43(3)33-53,54-34-44(4)30-45(5)35-54)55-36-46(6)31-47(7)37-55/h29-37,48-52,56-57,59-60,67,69-70,74H,16-28,38-41H2,1-15H3/t48-,49-,50-,51-,52+,56-,57-,59+,60-,62-,63-/m1/s1. The minimum atomic E-state index is -2.41. The maximum absolute atomic E-state index is 14.4. The van der Waals surface area contributed by atoms with Crippen molar-refractivity contribution in [1.29, 1.82) is 0 Å². The third-order valence-corrected chi connectivity index (χ3v) is 21.6. The van der Waals surface area contributed by atoms with Crippen molar-refractivity contribution >= 4 is 35.1 Å². The number of esters is 1. The van der Waals surface area contributed by atoms with E-state index in [-0.39, 0.29) is 36.9 Å². The van der Waals surface area contributed by atoms with Crippen LogP contribution in [-0.4, -0.2) is 118 Å². The summed E-state index contributed by atoms with van der Waals surface area (Å²) in [5, 5.41) is 40.7. The third kappa shape index (κ3) is 16.4. The fourth-order valence-electron chi connectivity index (χ4n) is 12.7. The van der Waals surface area contributed by atoms with Gasteiger partial charge in [-0.15, -0.1) is 0 Å². The average molecular weight is 1050 g/mol. The molecule has 74 heavy (non-hydrogen) atoms. The van der Waals surface area contributed by atoms with Crippen molar-refractivity contribution in [2.24, 2.45) is 11.8 Å². The van der Waals surface area contributed by atoms with Gasteiger partial charge in [0.15, 0.2) is 6.29 Å². The normalized spacial score (nSPS) is 29.1. The molecule has 0 bridgehead atoms. The molecule has 11 heteroatoms. The van der Waals surface area contributed by atoms with E-state index in [1.165, 1.54) is 69.1 Å². The van der Waals surface area contributed by atoms with Crippen LogP contribution < -0.4 is 15.9 Å². The molecular formula is C63H101N2O8P. The van der Waals surface area contributed by atoms with Crippen molar-refractivity contribution in [3.8, 4) is 0 Å². The van der Waals surface area contributed by atoms with E-state index in [1.54, 1.807) is 25.7 Å². The zero-order valence-electron chi connectivity index (χ0n) is 48.7. The predicted octanol–water partition coefficient (Wildman–Crippen LogP) is 10.8. The van der Waals surface area contributed by atoms with Crippen LogP contribution >= 0.6 is 7.26 Å². The van der Waals surface area contributed by atoms with E-state index in [4.69, 9.17) is 14.2 Å². The van der Waals surface area contributed by atoms with Crippen molar-refractivity contribution in [2.75, 3.05) is 26.8 Å². The minimum absolute atomic E-state index is 0.0198. The van der Waals surface area contributed by atoms with E-state index < -0.39 is 61.0 Å². The smallest absolute Gasteiger partial charge is 0.126 e. The molecular weight excluding hydrogens is 944 g/mol. The molecule has 3 N–H and O–H groups in total. The summed E-state index contributed by atoms with van der Waals surface area (Å²) >= 11 is 0. The van der Waals surface area contributed by atoms with Gasteiger partial charge < -0.3 is 34.4 Å². The maximum atomic E-state index is 14.4. The van der Waals surface area contributed by atoms with Crippen molar-refractivity contribution in [3.63, 3.8) is 0 Å². The van der Waals surface area contributed by atoms with E-state index in [2.05, 4.69) is 115 Å². The quantitative estimate of drug-likeness (QED) is 0.0648. The second kappa shape index (κ2) is 27.4. The van der Waals surface area contributed by atoms with Gasteiger partial charge in [-0.2, -0.15) is 0 Å². The number of hydrogen-bond acceptors (Lipinski definition) is 9. The van der Waals surface area contributed by atoms with Crippen molar-refractivity contribution in [1.82, 2.24) is 9.80 Å². The fraction of sp³-hybridized carbons (Fsp3) is 0.683. The molecule has 0 aromatic heterocycles. The summed E-state index contributed by atoms with van der Waals surface area (Å²) in [6, 6.07) is 21.2. The molecule has 3 aromatic carbocycles. The number of carbonyl (C=O) groups excluding carboxylic acids is 2. The van der Waals surface area contributed by atoms with E-state index in [9.17, 15) is 24.9 Å². The number of amides is 1. The molecule has 3 aromatic rings. The largest absolute Gasteiger partial charge is 0.388 e. The van der Waals surface area contributed by atoms with Gasteiger partial charge in [-0.25, -0.2) is 0 Å². The SMILES string of the molecule is CC[C@H]1OC(=O)[C@H](C)CC[C@@H](O[C@H]2C[C@@H](N(C)C)C[C@@H](C)O2)[C@](C)(O)C[C@@H](C)CN(C(=O)CCCCCCCCCC[PH](c2cc(C)cc(C)c2)(c2cc(C)cc(C)c2)c2cc(C)cc(C)c2)[C@H](C)[C@@H](O)[C@]1(C)O. The van der Waals surface area contributed by atoms with Gasteiger partial charge in [-0.05, 0) is 79.8 Å². The molecule has 2 aliphatic rings. The van der Waals surface area contributed by atoms with Gasteiger partial charge in [-0.1, -0.05) is 20.8 Å². The summed E-state index contributed by atoms with van der Waals surface area (Å²) < 4.78 is 18.9. The first-order chi connectivity index (χ1) is 34.8. The number of aliphatic hydroxyl groups excluding tert-OH is 1. The Morgan fingerprint density at radius 1 is 0.730 bits per heavy atom. The molecule has 11 atom stereocenters. The number of benzene rings is 3. The second-order valence-electron chi connectivity index (χ2n) is 24.4. The summed E-state index contributed by atoms with van der Waals surface area (Å²) in [6.07, 6.45) is 9.16. The van der Waals surface area contributed by atoms with Gasteiger partial charge in [0.2, 0.25) is 0 Å². The van der Waals surface area contributed by atoms with Crippen molar-refractivity contribution in [2.45, 2.75) is 240 Å². The van der Waals surface area contributed by atoms with Gasteiger partial charge in [0.05, 0.1) is 29.8 Å². The van der Waals surface area contributed by atoms with Gasteiger partial charge >= 0.3 is 238 Å². The van der Waals surface area contributed by atoms with Crippen molar-refractivity contribution < 1.29 is 39.1 Å². The molecule has 0 aliphatic carbocycles. The average Bonchev–Trinajstić information content (AvgIpc) is 3.30. The Labute approximate surface area is 449 Å². The molecule has 416 valence electrons. The molecule has 5 rings (SSSR count). The van der Waals surface area contributed by atoms with Crippen LogP contribution in [0.25, 0.3) is 0 Å². The third-order valence-electron chi connectivity index (χ3n) is 16.7. The summed E-state index contributed by atoms with van der Waals surface area (Å²) in [6.45, 7) is 26.4. The molecule has 2 aliphatic heterocycles. The Morgan fingerprint density at radius 3 is 1.68 bits per heavy atom. The van der Waals surface area contributed by atoms with Crippen LogP contribution in [0.4, 0.5) is 0 Å².